The minimum absolute atomic E-state index is 0. The lowest BCUT2D eigenvalue weighted by Gasteiger charge is -2.65. The van der Waals surface area contributed by atoms with Gasteiger partial charge in [0.1, 0.15) is 12.1 Å². The number of aliphatic hydroxyl groups is 1. The van der Waals surface area contributed by atoms with Gasteiger partial charge in [0.2, 0.25) is 0 Å². The fourth-order valence-corrected chi connectivity index (χ4v) is 6.96. The molecule has 1 aromatic rings. The molecule has 2 bridgehead atoms. The fraction of sp³-hybridized carbons (Fsp3) is 0.682. The highest BCUT2D eigenvalue weighted by Crippen LogP contribution is 2.66. The van der Waals surface area contributed by atoms with Crippen molar-refractivity contribution in [2.75, 3.05) is 20.7 Å². The number of carboxylic acid groups (broad SMARTS) is 1. The summed E-state index contributed by atoms with van der Waals surface area (Å²) in [6.45, 7) is 2.35. The van der Waals surface area contributed by atoms with Gasteiger partial charge in [-0.2, -0.15) is 0 Å². The largest absolute Gasteiger partial charge is 0.504 e. The van der Waals surface area contributed by atoms with Crippen molar-refractivity contribution in [1.29, 1.82) is 0 Å². The van der Waals surface area contributed by atoms with Gasteiger partial charge in [0.15, 0.2) is 11.5 Å². The molecule has 2 heterocycles. The predicted octanol–water partition coefficient (Wildman–Crippen LogP) is 1.47. The van der Waals surface area contributed by atoms with Crippen LogP contribution in [0.1, 0.15) is 37.3 Å². The molecule has 1 saturated heterocycles. The lowest BCUT2D eigenvalue weighted by atomic mass is 9.48. The zero-order valence-electron chi connectivity index (χ0n) is 18.4. The number of likely N-dealkylation sites (N-methyl/N-ethyl adjacent to an activating group) is 1. The van der Waals surface area contributed by atoms with E-state index in [1.807, 2.05) is 6.07 Å². The number of phenolic OH excluding ortho intramolecular Hbond substituents is 1. The molecule has 1 saturated carbocycles. The normalized spacial score (nSPS) is 36.1. The van der Waals surface area contributed by atoms with Gasteiger partial charge in [-0.15, -0.1) is 24.8 Å². The number of aromatic hydroxyl groups is 1. The molecule has 7 atom stereocenters. The Balaban J connectivity index is 0.00000144. The first-order valence-corrected chi connectivity index (χ1v) is 10.7. The Morgan fingerprint density at radius 2 is 2.06 bits per heavy atom. The smallest absolute Gasteiger partial charge is 0.323 e. The van der Waals surface area contributed by atoms with E-state index in [4.69, 9.17) is 9.47 Å². The SMILES string of the molecule is CO[C@@]12CCC(N[C@H](C(=O)O)[C@@H](C)O)C3Oc4c(O)ccc5c4[C@@]31CCN(C)[C@@H]2C5.Cl.Cl. The van der Waals surface area contributed by atoms with Gasteiger partial charge in [0.25, 0.3) is 0 Å². The quantitative estimate of drug-likeness (QED) is 0.490. The number of piperidine rings is 1. The van der Waals surface area contributed by atoms with Crippen molar-refractivity contribution in [2.45, 2.75) is 74.0 Å². The summed E-state index contributed by atoms with van der Waals surface area (Å²) in [5.74, 6) is -0.460. The summed E-state index contributed by atoms with van der Waals surface area (Å²) in [6, 6.07) is 2.48. The molecule has 4 N–H and O–H groups in total. The first-order chi connectivity index (χ1) is 14.3. The van der Waals surface area contributed by atoms with Gasteiger partial charge >= 0.3 is 5.97 Å². The Bertz CT molecular complexity index is 901. The van der Waals surface area contributed by atoms with Crippen LogP contribution in [0.15, 0.2) is 12.1 Å². The predicted molar refractivity (Wildman–Crippen MR) is 122 cm³/mol. The van der Waals surface area contributed by atoms with E-state index in [2.05, 4.69) is 17.3 Å². The number of rotatable bonds is 5. The van der Waals surface area contributed by atoms with Crippen LogP contribution in [-0.4, -0.2) is 82.8 Å². The average Bonchev–Trinajstić information content (AvgIpc) is 3.06. The second kappa shape index (κ2) is 8.49. The number of likely N-dealkylation sites (tertiary alicyclic amines) is 1. The fourth-order valence-electron chi connectivity index (χ4n) is 6.96. The number of nitrogens with zero attached hydrogens (tertiary/aromatic N) is 1. The molecule has 4 aliphatic rings. The van der Waals surface area contributed by atoms with E-state index in [0.29, 0.717) is 12.2 Å². The number of hydrogen-bond acceptors (Lipinski definition) is 7. The molecule has 2 aliphatic carbocycles. The minimum atomic E-state index is -1.09. The molecule has 32 heavy (non-hydrogen) atoms. The first-order valence-electron chi connectivity index (χ1n) is 10.7. The van der Waals surface area contributed by atoms with Gasteiger partial charge in [-0.25, -0.2) is 0 Å². The number of aliphatic carboxylic acids is 1. The number of ether oxygens (including phenoxy) is 2. The summed E-state index contributed by atoms with van der Waals surface area (Å²) in [6.07, 6.45) is 1.60. The van der Waals surface area contributed by atoms with Crippen molar-refractivity contribution >= 4 is 30.8 Å². The lowest BCUT2D eigenvalue weighted by Crippen LogP contribution is -2.78. The van der Waals surface area contributed by atoms with Gasteiger partial charge in [-0.3, -0.25) is 10.1 Å². The molecule has 180 valence electrons. The van der Waals surface area contributed by atoms with Crippen LogP contribution in [0.2, 0.25) is 0 Å². The van der Waals surface area contributed by atoms with E-state index >= 15 is 0 Å². The molecule has 0 radical (unpaired) electrons. The highest BCUT2D eigenvalue weighted by molar-refractivity contribution is 5.85. The number of aliphatic hydroxyl groups excluding tert-OH is 1. The zero-order valence-corrected chi connectivity index (χ0v) is 20.0. The highest BCUT2D eigenvalue weighted by Gasteiger charge is 2.73. The minimum Gasteiger partial charge on any atom is -0.504 e. The molecule has 0 amide bonds. The van der Waals surface area contributed by atoms with Crippen molar-refractivity contribution in [3.8, 4) is 11.5 Å². The van der Waals surface area contributed by atoms with E-state index in [9.17, 15) is 20.1 Å². The van der Waals surface area contributed by atoms with Gasteiger partial charge in [0.05, 0.1) is 17.1 Å². The highest BCUT2D eigenvalue weighted by atomic mass is 35.5. The van der Waals surface area contributed by atoms with Crippen LogP contribution in [0.4, 0.5) is 0 Å². The van der Waals surface area contributed by atoms with Crippen molar-refractivity contribution in [1.82, 2.24) is 10.2 Å². The van der Waals surface area contributed by atoms with Crippen molar-refractivity contribution in [3.05, 3.63) is 23.3 Å². The maximum absolute atomic E-state index is 11.7. The number of methoxy groups -OCH3 is 1. The second-order valence-corrected chi connectivity index (χ2v) is 9.37. The van der Waals surface area contributed by atoms with Gasteiger partial charge in [-0.05, 0) is 57.8 Å². The summed E-state index contributed by atoms with van der Waals surface area (Å²) < 4.78 is 12.8. The van der Waals surface area contributed by atoms with Crippen LogP contribution < -0.4 is 10.1 Å². The van der Waals surface area contributed by atoms with Crippen molar-refractivity contribution < 1.29 is 29.6 Å². The van der Waals surface area contributed by atoms with Gasteiger partial charge in [-0.1, -0.05) is 6.07 Å². The number of halogens is 2. The third-order valence-electron chi connectivity index (χ3n) is 8.20. The lowest BCUT2D eigenvalue weighted by molar-refractivity contribution is -0.204. The number of nitrogens with one attached hydrogen (secondary N) is 1. The Hall–Kier alpha value is -1.29. The van der Waals surface area contributed by atoms with E-state index in [-0.39, 0.29) is 48.8 Å². The molecule has 5 rings (SSSR count). The molecule has 0 aromatic heterocycles. The van der Waals surface area contributed by atoms with Crippen LogP contribution in [0.25, 0.3) is 0 Å². The molecular formula is C22H32Cl2N2O6. The van der Waals surface area contributed by atoms with E-state index in [0.717, 1.165) is 31.4 Å². The Morgan fingerprint density at radius 3 is 2.69 bits per heavy atom. The number of carbonyl (C=O) groups is 1. The van der Waals surface area contributed by atoms with E-state index in [1.165, 1.54) is 12.5 Å². The number of carboxylic acids is 1. The Labute approximate surface area is 200 Å². The second-order valence-electron chi connectivity index (χ2n) is 9.37. The summed E-state index contributed by atoms with van der Waals surface area (Å²) in [5.41, 5.74) is 1.26. The topological polar surface area (TPSA) is 111 Å². The summed E-state index contributed by atoms with van der Waals surface area (Å²) in [4.78, 5) is 14.1. The third kappa shape index (κ3) is 3.00. The molecule has 2 fully saturated rings. The Kier molecular flexibility index (Phi) is 6.72. The first kappa shape index (κ1) is 25.3. The molecule has 8 nitrogen and oxygen atoms in total. The average molecular weight is 491 g/mol. The maximum atomic E-state index is 11.7. The zero-order chi connectivity index (χ0) is 21.4. The van der Waals surface area contributed by atoms with E-state index < -0.39 is 29.1 Å². The maximum Gasteiger partial charge on any atom is 0.323 e. The number of benzene rings is 1. The molecule has 1 aromatic carbocycles. The number of phenols is 1. The van der Waals surface area contributed by atoms with Crippen LogP contribution in [0, 0.1) is 0 Å². The summed E-state index contributed by atoms with van der Waals surface area (Å²) in [5, 5.41) is 33.4. The van der Waals surface area contributed by atoms with Crippen LogP contribution in [-0.2, 0) is 21.4 Å². The summed E-state index contributed by atoms with van der Waals surface area (Å²) in [7, 11) is 3.90. The molecule has 2 unspecified atom stereocenters. The standard InChI is InChI=1S/C22H30N2O6.2ClH/c1-11(25)17(20(27)28)23-13-6-7-22(29-3)15-10-12-4-5-14(26)18-16(12)21(22,19(13)30-18)8-9-24(15)2;;/h4-5,11,13,15,17,19,23,25-26H,6-10H2,1-3H3,(H,27,28);2*1H/t11-,13?,15-,17+,19?,21+,22-;;/m1../s1. The molecule has 10 heteroatoms. The van der Waals surface area contributed by atoms with Crippen molar-refractivity contribution in [2.24, 2.45) is 0 Å². The van der Waals surface area contributed by atoms with Crippen molar-refractivity contribution in [3.63, 3.8) is 0 Å². The molecule has 2 aliphatic heterocycles. The van der Waals surface area contributed by atoms with Crippen LogP contribution in [0.3, 0.4) is 0 Å². The third-order valence-corrected chi connectivity index (χ3v) is 8.20. The van der Waals surface area contributed by atoms with Gasteiger partial charge in [0, 0.05) is 24.8 Å². The van der Waals surface area contributed by atoms with Crippen LogP contribution >= 0.6 is 24.8 Å². The Morgan fingerprint density at radius 1 is 1.34 bits per heavy atom. The van der Waals surface area contributed by atoms with E-state index in [1.54, 1.807) is 13.2 Å². The summed E-state index contributed by atoms with van der Waals surface area (Å²) >= 11 is 0. The molecular weight excluding hydrogens is 459 g/mol. The van der Waals surface area contributed by atoms with Gasteiger partial charge < -0.3 is 29.7 Å². The molecule has 1 spiro atoms. The number of hydrogen-bond donors (Lipinski definition) is 4. The van der Waals surface area contributed by atoms with Crippen LogP contribution in [0.5, 0.6) is 11.5 Å². The monoisotopic (exact) mass is 490 g/mol.